The normalized spacial score (nSPS) is 12.0. The summed E-state index contributed by atoms with van der Waals surface area (Å²) in [6.45, 7) is 4.30. The van der Waals surface area contributed by atoms with E-state index < -0.39 is 8.56 Å². The Kier molecular flexibility index (Phi) is 4.94. The largest absolute Gasteiger partial charge is 0.398 e. The van der Waals surface area contributed by atoms with Gasteiger partial charge < -0.3 is 8.85 Å². The van der Waals surface area contributed by atoms with Crippen LogP contribution in [0.25, 0.3) is 0 Å². The third-order valence-electron chi connectivity index (χ3n) is 1.91. The van der Waals surface area contributed by atoms with Crippen LogP contribution in [0.5, 0.6) is 0 Å². The van der Waals surface area contributed by atoms with Gasteiger partial charge in [0.1, 0.15) is 0 Å². The van der Waals surface area contributed by atoms with E-state index >= 15 is 0 Å². The molecule has 3 heteroatoms. The zero-order valence-electron chi connectivity index (χ0n) is 7.44. The maximum absolute atomic E-state index is 5.39. The summed E-state index contributed by atoms with van der Waals surface area (Å²) in [6, 6.07) is 2.16. The van der Waals surface area contributed by atoms with Crippen molar-refractivity contribution >= 4 is 8.56 Å². The highest BCUT2D eigenvalue weighted by atomic mass is 28.4. The van der Waals surface area contributed by atoms with Crippen LogP contribution in [0.1, 0.15) is 20.3 Å². The van der Waals surface area contributed by atoms with Crippen LogP contribution in [-0.4, -0.2) is 22.8 Å². The van der Waals surface area contributed by atoms with Crippen molar-refractivity contribution in [3.05, 3.63) is 0 Å². The van der Waals surface area contributed by atoms with E-state index in [4.69, 9.17) is 8.85 Å². The lowest BCUT2D eigenvalue weighted by atomic mass is 10.6. The quantitative estimate of drug-likeness (QED) is 0.577. The molecule has 0 aromatic rings. The SMILES string of the molecule is CCC[Si](CC)(OC)OC. The predicted octanol–water partition coefficient (Wildman–Crippen LogP) is 2.15. The monoisotopic (exact) mass is 162 g/mol. The third kappa shape index (κ3) is 2.40. The highest BCUT2D eigenvalue weighted by molar-refractivity contribution is 6.67. The van der Waals surface area contributed by atoms with Crippen LogP contribution < -0.4 is 0 Å². The lowest BCUT2D eigenvalue weighted by Crippen LogP contribution is -2.38. The van der Waals surface area contributed by atoms with Gasteiger partial charge in [-0.1, -0.05) is 20.3 Å². The Balaban J connectivity index is 3.87. The van der Waals surface area contributed by atoms with Crippen molar-refractivity contribution in [1.82, 2.24) is 0 Å². The average Bonchev–Trinajstić information content (AvgIpc) is 2.01. The first-order chi connectivity index (χ1) is 4.74. The van der Waals surface area contributed by atoms with Crippen molar-refractivity contribution in [3.8, 4) is 0 Å². The molecule has 0 fully saturated rings. The summed E-state index contributed by atoms with van der Waals surface area (Å²) in [5.41, 5.74) is 0. The Labute approximate surface area is 64.8 Å². The van der Waals surface area contributed by atoms with Gasteiger partial charge in [-0.25, -0.2) is 0 Å². The van der Waals surface area contributed by atoms with Crippen molar-refractivity contribution in [2.45, 2.75) is 32.4 Å². The number of rotatable bonds is 5. The highest BCUT2D eigenvalue weighted by Crippen LogP contribution is 2.18. The number of hydrogen-bond donors (Lipinski definition) is 0. The van der Waals surface area contributed by atoms with Crippen LogP contribution >= 0.6 is 0 Å². The first kappa shape index (κ1) is 10.1. The minimum atomic E-state index is -1.72. The van der Waals surface area contributed by atoms with Crippen molar-refractivity contribution in [3.63, 3.8) is 0 Å². The topological polar surface area (TPSA) is 18.5 Å². The summed E-state index contributed by atoms with van der Waals surface area (Å²) in [5, 5.41) is 0. The Bertz CT molecular complexity index is 73.4. The first-order valence-corrected chi connectivity index (χ1v) is 6.08. The van der Waals surface area contributed by atoms with E-state index in [1.54, 1.807) is 14.2 Å². The molecule has 0 spiro atoms. The summed E-state index contributed by atoms with van der Waals surface area (Å²) in [7, 11) is 1.80. The second-order valence-corrected chi connectivity index (χ2v) is 6.27. The molecule has 0 aromatic carbocycles. The molecule has 0 radical (unpaired) electrons. The second kappa shape index (κ2) is 4.88. The van der Waals surface area contributed by atoms with Crippen molar-refractivity contribution < 1.29 is 8.85 Å². The molecule has 0 unspecified atom stereocenters. The molecule has 0 aliphatic heterocycles. The highest BCUT2D eigenvalue weighted by Gasteiger charge is 2.31. The number of hydrogen-bond acceptors (Lipinski definition) is 2. The fourth-order valence-corrected chi connectivity index (χ4v) is 3.40. The average molecular weight is 162 g/mol. The molecule has 2 nitrogen and oxygen atoms in total. The van der Waals surface area contributed by atoms with Crippen LogP contribution in [0.15, 0.2) is 0 Å². The zero-order chi connectivity index (χ0) is 8.04. The van der Waals surface area contributed by atoms with E-state index in [-0.39, 0.29) is 0 Å². The summed E-state index contributed by atoms with van der Waals surface area (Å²) < 4.78 is 10.8. The molecule has 0 atom stereocenters. The van der Waals surface area contributed by atoms with Gasteiger partial charge in [0.25, 0.3) is 0 Å². The second-order valence-electron chi connectivity index (χ2n) is 2.42. The van der Waals surface area contributed by atoms with Crippen molar-refractivity contribution in [1.29, 1.82) is 0 Å². The molecular weight excluding hydrogens is 144 g/mol. The third-order valence-corrected chi connectivity index (χ3v) is 5.74. The Morgan fingerprint density at radius 2 is 1.60 bits per heavy atom. The van der Waals surface area contributed by atoms with E-state index in [9.17, 15) is 0 Å². The summed E-state index contributed by atoms with van der Waals surface area (Å²) in [6.07, 6.45) is 1.15. The van der Waals surface area contributed by atoms with E-state index in [1.807, 2.05) is 0 Å². The van der Waals surface area contributed by atoms with Gasteiger partial charge in [-0.3, -0.25) is 0 Å². The molecule has 0 aliphatic carbocycles. The van der Waals surface area contributed by atoms with E-state index in [2.05, 4.69) is 13.8 Å². The molecule has 62 valence electrons. The van der Waals surface area contributed by atoms with E-state index in [0.717, 1.165) is 18.5 Å². The summed E-state index contributed by atoms with van der Waals surface area (Å²) in [4.78, 5) is 0. The van der Waals surface area contributed by atoms with Gasteiger partial charge in [-0.2, -0.15) is 0 Å². The van der Waals surface area contributed by atoms with Gasteiger partial charge in [-0.15, -0.1) is 0 Å². The summed E-state index contributed by atoms with van der Waals surface area (Å²) in [5.74, 6) is 0. The fourth-order valence-electron chi connectivity index (χ4n) is 1.13. The molecule has 0 N–H and O–H groups in total. The van der Waals surface area contributed by atoms with Gasteiger partial charge in [0, 0.05) is 14.2 Å². The van der Waals surface area contributed by atoms with Gasteiger partial charge >= 0.3 is 8.56 Å². The molecule has 0 heterocycles. The fraction of sp³-hybridized carbons (Fsp3) is 1.00. The molecular formula is C7H18O2Si. The lowest BCUT2D eigenvalue weighted by Gasteiger charge is -2.25. The van der Waals surface area contributed by atoms with Crippen LogP contribution in [0.2, 0.25) is 12.1 Å². The summed E-state index contributed by atoms with van der Waals surface area (Å²) >= 11 is 0. The Morgan fingerprint density at radius 1 is 1.10 bits per heavy atom. The lowest BCUT2D eigenvalue weighted by molar-refractivity contribution is 0.242. The zero-order valence-corrected chi connectivity index (χ0v) is 8.44. The van der Waals surface area contributed by atoms with Gasteiger partial charge in [0.15, 0.2) is 0 Å². The van der Waals surface area contributed by atoms with Crippen molar-refractivity contribution in [2.24, 2.45) is 0 Å². The molecule has 0 bridgehead atoms. The van der Waals surface area contributed by atoms with Gasteiger partial charge in [0.2, 0.25) is 0 Å². The Morgan fingerprint density at radius 3 is 1.70 bits per heavy atom. The molecule has 0 aromatic heterocycles. The van der Waals surface area contributed by atoms with Crippen LogP contribution in [-0.2, 0) is 8.85 Å². The van der Waals surface area contributed by atoms with Gasteiger partial charge in [-0.05, 0) is 12.1 Å². The van der Waals surface area contributed by atoms with Gasteiger partial charge in [0.05, 0.1) is 0 Å². The maximum atomic E-state index is 5.39. The molecule has 0 rings (SSSR count). The standard InChI is InChI=1S/C7H18O2Si/c1-5-7-10(6-2,8-3)9-4/h5-7H2,1-4H3. The molecule has 0 saturated carbocycles. The maximum Gasteiger partial charge on any atom is 0.337 e. The minimum Gasteiger partial charge on any atom is -0.398 e. The van der Waals surface area contributed by atoms with Crippen molar-refractivity contribution in [2.75, 3.05) is 14.2 Å². The first-order valence-electron chi connectivity index (χ1n) is 3.85. The predicted molar refractivity (Wildman–Crippen MR) is 45.4 cm³/mol. The molecule has 0 aliphatic rings. The molecule has 0 saturated heterocycles. The smallest absolute Gasteiger partial charge is 0.337 e. The van der Waals surface area contributed by atoms with E-state index in [0.29, 0.717) is 0 Å². The molecule has 10 heavy (non-hydrogen) atoms. The van der Waals surface area contributed by atoms with Crippen LogP contribution in [0, 0.1) is 0 Å². The Hall–Kier alpha value is 0.137. The van der Waals surface area contributed by atoms with E-state index in [1.165, 1.54) is 0 Å². The van der Waals surface area contributed by atoms with Crippen LogP contribution in [0.3, 0.4) is 0 Å². The van der Waals surface area contributed by atoms with Crippen LogP contribution in [0.4, 0.5) is 0 Å². The minimum absolute atomic E-state index is 1.05. The molecule has 0 amide bonds.